The average Bonchev–Trinajstić information content (AvgIpc) is 3.17. The van der Waals surface area contributed by atoms with E-state index in [1.807, 2.05) is 13.0 Å². The van der Waals surface area contributed by atoms with E-state index in [0.717, 1.165) is 17.8 Å². The number of methoxy groups -OCH3 is 1. The number of anilines is 1. The van der Waals surface area contributed by atoms with Gasteiger partial charge in [0.05, 0.1) is 24.7 Å². The highest BCUT2D eigenvalue weighted by Gasteiger charge is 2.36. The van der Waals surface area contributed by atoms with Crippen LogP contribution in [0.5, 0.6) is 5.75 Å². The molecule has 4 aromatic rings. The summed E-state index contributed by atoms with van der Waals surface area (Å²) in [6.45, 7) is 1.84. The molecule has 1 amide bonds. The lowest BCUT2D eigenvalue weighted by atomic mass is 10.1. The van der Waals surface area contributed by atoms with Crippen molar-refractivity contribution in [3.63, 3.8) is 0 Å². The molecule has 4 rings (SSSR count). The second kappa shape index (κ2) is 7.75. The third kappa shape index (κ3) is 3.94. The normalized spacial score (nSPS) is 11.5. The van der Waals surface area contributed by atoms with Crippen LogP contribution in [0.15, 0.2) is 60.8 Å². The van der Waals surface area contributed by atoms with Crippen molar-refractivity contribution in [3.8, 4) is 17.0 Å². The van der Waals surface area contributed by atoms with E-state index in [0.29, 0.717) is 21.5 Å². The number of hydrogen-bond acceptors (Lipinski definition) is 4. The number of alkyl halides is 3. The maximum absolute atomic E-state index is 13.7. The summed E-state index contributed by atoms with van der Waals surface area (Å²) in [5.41, 5.74) is 0.529. The second-order valence-corrected chi connectivity index (χ2v) is 6.84. The number of carbonyl (C=O) groups is 1. The summed E-state index contributed by atoms with van der Waals surface area (Å²) in [5, 5.41) is 6.46. The summed E-state index contributed by atoms with van der Waals surface area (Å²) >= 11 is 0. The Bertz CT molecular complexity index is 1270. The van der Waals surface area contributed by atoms with E-state index in [1.54, 1.807) is 42.5 Å². The molecule has 2 heterocycles. The number of nitrogens with zero attached hydrogens (tertiary/aromatic N) is 3. The highest BCUT2D eigenvalue weighted by Crippen LogP contribution is 2.33. The second-order valence-electron chi connectivity index (χ2n) is 6.84. The standard InChI is InChI=1S/C22H17F3N4O2/c1-13-8-9-18(31-2)17(10-13)28-21(30)15-12-26-29-19(22(23,24)25)11-16(27-20(15)29)14-6-4-3-5-7-14/h3-12H,1-2H3,(H,28,30). The molecular weight excluding hydrogens is 409 g/mol. The lowest BCUT2D eigenvalue weighted by Crippen LogP contribution is -2.16. The van der Waals surface area contributed by atoms with Crippen LogP contribution < -0.4 is 10.1 Å². The Kier molecular flexibility index (Phi) is 5.10. The van der Waals surface area contributed by atoms with Gasteiger partial charge in [-0.25, -0.2) is 9.50 Å². The number of aromatic nitrogens is 3. The number of hydrogen-bond donors (Lipinski definition) is 1. The summed E-state index contributed by atoms with van der Waals surface area (Å²) < 4.78 is 47.0. The number of benzene rings is 2. The van der Waals surface area contributed by atoms with E-state index in [9.17, 15) is 18.0 Å². The summed E-state index contributed by atoms with van der Waals surface area (Å²) in [5.74, 6) is -0.228. The minimum absolute atomic E-state index is 0.0862. The lowest BCUT2D eigenvalue weighted by molar-refractivity contribution is -0.142. The molecule has 0 atom stereocenters. The molecule has 0 spiro atoms. The van der Waals surface area contributed by atoms with Crippen molar-refractivity contribution in [2.45, 2.75) is 13.1 Å². The van der Waals surface area contributed by atoms with Crippen LogP contribution in [0.4, 0.5) is 18.9 Å². The highest BCUT2D eigenvalue weighted by molar-refractivity contribution is 6.09. The third-order valence-electron chi connectivity index (χ3n) is 4.68. The monoisotopic (exact) mass is 426 g/mol. The van der Waals surface area contributed by atoms with Gasteiger partial charge in [0.1, 0.15) is 11.3 Å². The summed E-state index contributed by atoms with van der Waals surface area (Å²) in [4.78, 5) is 17.2. The molecule has 0 radical (unpaired) electrons. The zero-order chi connectivity index (χ0) is 22.2. The first-order valence-electron chi connectivity index (χ1n) is 9.25. The molecule has 0 aliphatic rings. The number of ether oxygens (including phenoxy) is 1. The van der Waals surface area contributed by atoms with Crippen molar-refractivity contribution in [1.82, 2.24) is 14.6 Å². The van der Waals surface area contributed by atoms with Gasteiger partial charge in [0.2, 0.25) is 0 Å². The van der Waals surface area contributed by atoms with Crippen LogP contribution in [0, 0.1) is 6.92 Å². The van der Waals surface area contributed by atoms with E-state index in [4.69, 9.17) is 4.74 Å². The Balaban J connectivity index is 1.84. The van der Waals surface area contributed by atoms with E-state index < -0.39 is 17.8 Å². The number of carbonyl (C=O) groups excluding carboxylic acids is 1. The Hall–Kier alpha value is -3.88. The van der Waals surface area contributed by atoms with E-state index in [1.165, 1.54) is 7.11 Å². The number of aryl methyl sites for hydroxylation is 1. The predicted octanol–water partition coefficient (Wildman–Crippen LogP) is 4.98. The molecule has 2 aromatic heterocycles. The number of amides is 1. The number of rotatable bonds is 4. The SMILES string of the molecule is COc1ccc(C)cc1NC(=O)c1cnn2c(C(F)(F)F)cc(-c3ccccc3)nc12. The molecule has 2 aromatic carbocycles. The Labute approximate surface area is 175 Å². The fourth-order valence-corrected chi connectivity index (χ4v) is 3.19. The molecule has 158 valence electrons. The Morgan fingerprint density at radius 1 is 1.10 bits per heavy atom. The van der Waals surface area contributed by atoms with Gasteiger partial charge in [0.15, 0.2) is 11.3 Å². The van der Waals surface area contributed by atoms with Gasteiger partial charge in [-0.05, 0) is 30.7 Å². The van der Waals surface area contributed by atoms with Gasteiger partial charge in [0, 0.05) is 5.56 Å². The molecule has 9 heteroatoms. The van der Waals surface area contributed by atoms with Crippen LogP contribution in [0.1, 0.15) is 21.6 Å². The molecule has 31 heavy (non-hydrogen) atoms. The first-order chi connectivity index (χ1) is 14.8. The van der Waals surface area contributed by atoms with Crippen LogP contribution in [-0.4, -0.2) is 27.6 Å². The molecule has 0 unspecified atom stereocenters. The topological polar surface area (TPSA) is 68.5 Å². The maximum Gasteiger partial charge on any atom is 0.433 e. The van der Waals surface area contributed by atoms with Gasteiger partial charge >= 0.3 is 6.18 Å². The lowest BCUT2D eigenvalue weighted by Gasteiger charge is -2.12. The number of nitrogens with one attached hydrogen (secondary N) is 1. The Morgan fingerprint density at radius 3 is 2.52 bits per heavy atom. The largest absolute Gasteiger partial charge is 0.495 e. The quantitative estimate of drug-likeness (QED) is 0.500. The molecule has 0 fully saturated rings. The molecule has 0 saturated heterocycles. The van der Waals surface area contributed by atoms with Crippen molar-refractivity contribution in [2.24, 2.45) is 0 Å². The van der Waals surface area contributed by atoms with Crippen molar-refractivity contribution < 1.29 is 22.7 Å². The first-order valence-corrected chi connectivity index (χ1v) is 9.25. The van der Waals surface area contributed by atoms with E-state index in [-0.39, 0.29) is 16.9 Å². The smallest absolute Gasteiger partial charge is 0.433 e. The van der Waals surface area contributed by atoms with Gasteiger partial charge < -0.3 is 10.1 Å². The highest BCUT2D eigenvalue weighted by atomic mass is 19.4. The summed E-state index contributed by atoms with van der Waals surface area (Å²) in [6, 6.07) is 14.6. The van der Waals surface area contributed by atoms with Crippen molar-refractivity contribution in [3.05, 3.63) is 77.6 Å². The zero-order valence-electron chi connectivity index (χ0n) is 16.6. The van der Waals surface area contributed by atoms with Crippen LogP contribution >= 0.6 is 0 Å². The minimum Gasteiger partial charge on any atom is -0.495 e. The van der Waals surface area contributed by atoms with E-state index >= 15 is 0 Å². The molecule has 1 N–H and O–H groups in total. The minimum atomic E-state index is -4.69. The van der Waals surface area contributed by atoms with Gasteiger partial charge in [-0.1, -0.05) is 36.4 Å². The van der Waals surface area contributed by atoms with Crippen LogP contribution in [0.25, 0.3) is 16.9 Å². The Morgan fingerprint density at radius 2 is 1.84 bits per heavy atom. The van der Waals surface area contributed by atoms with Crippen LogP contribution in [-0.2, 0) is 6.18 Å². The summed E-state index contributed by atoms with van der Waals surface area (Å²) in [6.07, 6.45) is -3.62. The molecular formula is C22H17F3N4O2. The van der Waals surface area contributed by atoms with Gasteiger partial charge in [-0.3, -0.25) is 4.79 Å². The number of fused-ring (bicyclic) bond motifs is 1. The molecule has 0 aliphatic heterocycles. The van der Waals surface area contributed by atoms with Gasteiger partial charge in [0.25, 0.3) is 5.91 Å². The van der Waals surface area contributed by atoms with E-state index in [2.05, 4.69) is 15.4 Å². The van der Waals surface area contributed by atoms with Crippen molar-refractivity contribution in [1.29, 1.82) is 0 Å². The average molecular weight is 426 g/mol. The summed E-state index contributed by atoms with van der Waals surface area (Å²) in [7, 11) is 1.46. The fraction of sp³-hybridized carbons (Fsp3) is 0.136. The van der Waals surface area contributed by atoms with Crippen molar-refractivity contribution in [2.75, 3.05) is 12.4 Å². The third-order valence-corrected chi connectivity index (χ3v) is 4.68. The van der Waals surface area contributed by atoms with Crippen LogP contribution in [0.2, 0.25) is 0 Å². The zero-order valence-corrected chi connectivity index (χ0v) is 16.6. The van der Waals surface area contributed by atoms with Gasteiger partial charge in [-0.15, -0.1) is 0 Å². The maximum atomic E-state index is 13.7. The first kappa shape index (κ1) is 20.4. The number of halogens is 3. The predicted molar refractivity (Wildman–Crippen MR) is 109 cm³/mol. The molecule has 6 nitrogen and oxygen atoms in total. The van der Waals surface area contributed by atoms with Crippen LogP contribution in [0.3, 0.4) is 0 Å². The fourth-order valence-electron chi connectivity index (χ4n) is 3.19. The molecule has 0 aliphatic carbocycles. The molecule has 0 bridgehead atoms. The van der Waals surface area contributed by atoms with Gasteiger partial charge in [-0.2, -0.15) is 18.3 Å². The van der Waals surface area contributed by atoms with Crippen molar-refractivity contribution >= 4 is 17.2 Å². The molecule has 0 saturated carbocycles.